The van der Waals surface area contributed by atoms with Crippen molar-refractivity contribution in [3.05, 3.63) is 46.9 Å². The third kappa shape index (κ3) is 5.10. The number of nitrogens with zero attached hydrogens (tertiary/aromatic N) is 6. The summed E-state index contributed by atoms with van der Waals surface area (Å²) in [5, 5.41) is 17.2. The molecular formula is C32H46N8. The molecule has 40 heavy (non-hydrogen) atoms. The highest BCUT2D eigenvalue weighted by Gasteiger charge is 2.32. The van der Waals surface area contributed by atoms with E-state index in [0.29, 0.717) is 6.04 Å². The molecule has 2 fully saturated rings. The number of likely N-dealkylation sites (tertiary alicyclic amines) is 1. The molecule has 2 aromatic heterocycles. The van der Waals surface area contributed by atoms with Gasteiger partial charge in [0.25, 0.3) is 0 Å². The van der Waals surface area contributed by atoms with Gasteiger partial charge in [-0.1, -0.05) is 0 Å². The topological polar surface area (TPSA) is 66.2 Å². The highest BCUT2D eigenvalue weighted by atomic mass is 15.4. The predicted octanol–water partition coefficient (Wildman–Crippen LogP) is 4.35. The first-order valence-corrected chi connectivity index (χ1v) is 15.8. The standard InChI is InChI=1S/C32H46N8/c1-23-17-31-25(18-28(23)26-19-35-37(2)22-26)5-4-14-39(31)32-29-20-34-11-3-6-30(29)40(36-32)27-9-15-38(16-10-27)21-24-7-12-33-13-8-24/h17-19,22,24,27,33-34H,3-16,20-21H2,1-2H3. The van der Waals surface area contributed by atoms with Crippen molar-refractivity contribution < 1.29 is 0 Å². The Labute approximate surface area is 239 Å². The molecule has 4 aliphatic rings. The summed E-state index contributed by atoms with van der Waals surface area (Å²) in [7, 11) is 1.99. The summed E-state index contributed by atoms with van der Waals surface area (Å²) in [5.41, 5.74) is 9.54. The summed E-state index contributed by atoms with van der Waals surface area (Å²) in [6.07, 6.45) is 13.8. The summed E-state index contributed by atoms with van der Waals surface area (Å²) in [6.45, 7) is 11.4. The van der Waals surface area contributed by atoms with Gasteiger partial charge < -0.3 is 20.4 Å². The van der Waals surface area contributed by atoms with Crippen LogP contribution < -0.4 is 15.5 Å². The van der Waals surface area contributed by atoms with Gasteiger partial charge in [-0.25, -0.2) is 0 Å². The summed E-state index contributed by atoms with van der Waals surface area (Å²) < 4.78 is 4.39. The van der Waals surface area contributed by atoms with Crippen molar-refractivity contribution in [2.45, 2.75) is 70.9 Å². The largest absolute Gasteiger partial charge is 0.324 e. The van der Waals surface area contributed by atoms with Gasteiger partial charge in [0.15, 0.2) is 5.82 Å². The van der Waals surface area contributed by atoms with Crippen LogP contribution >= 0.6 is 0 Å². The fraction of sp³-hybridized carbons (Fsp3) is 0.625. The normalized spacial score (nSPS) is 21.3. The molecule has 0 saturated carbocycles. The second-order valence-corrected chi connectivity index (χ2v) is 12.7. The number of rotatable bonds is 5. The molecule has 6 heterocycles. The number of hydrogen-bond acceptors (Lipinski definition) is 6. The molecule has 8 heteroatoms. The third-order valence-corrected chi connectivity index (χ3v) is 9.86. The van der Waals surface area contributed by atoms with Crippen LogP contribution in [-0.2, 0) is 26.4 Å². The quantitative estimate of drug-likeness (QED) is 0.500. The Kier molecular flexibility index (Phi) is 7.41. The van der Waals surface area contributed by atoms with Crippen molar-refractivity contribution in [3.63, 3.8) is 0 Å². The molecule has 7 rings (SSSR count). The van der Waals surface area contributed by atoms with E-state index in [0.717, 1.165) is 44.8 Å². The van der Waals surface area contributed by atoms with Gasteiger partial charge in [-0.3, -0.25) is 9.36 Å². The van der Waals surface area contributed by atoms with Crippen LogP contribution in [0.1, 0.15) is 67.0 Å². The molecule has 0 atom stereocenters. The van der Waals surface area contributed by atoms with Gasteiger partial charge in [0.1, 0.15) is 0 Å². The van der Waals surface area contributed by atoms with Gasteiger partial charge in [0.2, 0.25) is 0 Å². The number of hydrogen-bond donors (Lipinski definition) is 2. The van der Waals surface area contributed by atoms with Crippen molar-refractivity contribution in [2.24, 2.45) is 13.0 Å². The van der Waals surface area contributed by atoms with E-state index in [1.165, 1.54) is 110 Å². The van der Waals surface area contributed by atoms with E-state index in [9.17, 15) is 0 Å². The first kappa shape index (κ1) is 26.2. The molecule has 0 radical (unpaired) electrons. The van der Waals surface area contributed by atoms with Crippen LogP contribution in [0.2, 0.25) is 0 Å². The molecular weight excluding hydrogens is 496 g/mol. The Morgan fingerprint density at radius 3 is 2.60 bits per heavy atom. The lowest BCUT2D eigenvalue weighted by Crippen LogP contribution is -2.41. The van der Waals surface area contributed by atoms with Gasteiger partial charge >= 0.3 is 0 Å². The van der Waals surface area contributed by atoms with Crippen molar-refractivity contribution in [2.75, 3.05) is 50.7 Å². The average molecular weight is 543 g/mol. The Hall–Kier alpha value is -2.68. The van der Waals surface area contributed by atoms with Crippen molar-refractivity contribution in [1.29, 1.82) is 0 Å². The zero-order chi connectivity index (χ0) is 27.1. The monoisotopic (exact) mass is 542 g/mol. The smallest absolute Gasteiger partial charge is 0.159 e. The van der Waals surface area contributed by atoms with E-state index in [1.54, 1.807) is 0 Å². The molecule has 214 valence electrons. The van der Waals surface area contributed by atoms with Crippen LogP contribution in [-0.4, -0.2) is 70.3 Å². The van der Waals surface area contributed by atoms with Gasteiger partial charge in [-0.2, -0.15) is 10.2 Å². The number of fused-ring (bicyclic) bond motifs is 2. The number of aryl methyl sites for hydroxylation is 3. The molecule has 0 bridgehead atoms. The lowest BCUT2D eigenvalue weighted by molar-refractivity contribution is 0.145. The molecule has 0 spiro atoms. The highest BCUT2D eigenvalue weighted by molar-refractivity contribution is 5.76. The van der Waals surface area contributed by atoms with E-state index in [1.807, 2.05) is 17.9 Å². The maximum Gasteiger partial charge on any atom is 0.159 e. The van der Waals surface area contributed by atoms with E-state index in [4.69, 9.17) is 5.10 Å². The summed E-state index contributed by atoms with van der Waals surface area (Å²) >= 11 is 0. The summed E-state index contributed by atoms with van der Waals surface area (Å²) in [4.78, 5) is 5.29. The van der Waals surface area contributed by atoms with Gasteiger partial charge in [-0.05, 0) is 113 Å². The van der Waals surface area contributed by atoms with Gasteiger partial charge in [0.05, 0.1) is 12.2 Å². The minimum Gasteiger partial charge on any atom is -0.324 e. The Balaban J connectivity index is 1.17. The molecule has 0 amide bonds. The summed E-state index contributed by atoms with van der Waals surface area (Å²) in [6, 6.07) is 5.34. The maximum atomic E-state index is 5.50. The molecule has 0 unspecified atom stereocenters. The van der Waals surface area contributed by atoms with Crippen LogP contribution in [0.25, 0.3) is 11.1 Å². The van der Waals surface area contributed by atoms with Crippen LogP contribution in [0.15, 0.2) is 24.5 Å². The van der Waals surface area contributed by atoms with Crippen LogP contribution in [0.3, 0.4) is 0 Å². The second kappa shape index (κ2) is 11.3. The zero-order valence-electron chi connectivity index (χ0n) is 24.5. The van der Waals surface area contributed by atoms with E-state index in [2.05, 4.69) is 55.5 Å². The zero-order valence-corrected chi connectivity index (χ0v) is 24.5. The average Bonchev–Trinajstić information content (AvgIpc) is 3.48. The lowest BCUT2D eigenvalue weighted by atomic mass is 9.93. The molecule has 4 aliphatic heterocycles. The number of nitrogens with one attached hydrogen (secondary N) is 2. The van der Waals surface area contributed by atoms with Crippen molar-refractivity contribution in [1.82, 2.24) is 35.1 Å². The lowest BCUT2D eigenvalue weighted by Gasteiger charge is -2.36. The van der Waals surface area contributed by atoms with E-state index in [-0.39, 0.29) is 0 Å². The maximum absolute atomic E-state index is 5.50. The third-order valence-electron chi connectivity index (χ3n) is 9.86. The fourth-order valence-corrected chi connectivity index (χ4v) is 7.65. The van der Waals surface area contributed by atoms with Crippen molar-refractivity contribution in [3.8, 4) is 11.1 Å². The van der Waals surface area contributed by atoms with Crippen LogP contribution in [0, 0.1) is 12.8 Å². The van der Waals surface area contributed by atoms with Crippen LogP contribution in [0.4, 0.5) is 11.5 Å². The fourth-order valence-electron chi connectivity index (χ4n) is 7.65. The number of anilines is 2. The molecule has 0 aliphatic carbocycles. The van der Waals surface area contributed by atoms with Crippen molar-refractivity contribution >= 4 is 11.5 Å². The molecule has 2 saturated heterocycles. The van der Waals surface area contributed by atoms with Gasteiger partial charge in [-0.15, -0.1) is 0 Å². The first-order valence-electron chi connectivity index (χ1n) is 15.8. The number of piperidine rings is 2. The SMILES string of the molecule is Cc1cc2c(cc1-c1cnn(C)c1)CCCN2c1nn(C2CCN(CC3CCNCC3)CC2)c2c1CNCCC2. The minimum atomic E-state index is 0.517. The Morgan fingerprint density at radius 1 is 0.950 bits per heavy atom. The highest BCUT2D eigenvalue weighted by Crippen LogP contribution is 2.41. The molecule has 8 nitrogen and oxygen atoms in total. The first-order chi connectivity index (χ1) is 19.6. The number of aromatic nitrogens is 4. The number of benzene rings is 1. The minimum absolute atomic E-state index is 0.517. The molecule has 3 aromatic rings. The van der Waals surface area contributed by atoms with E-state index < -0.39 is 0 Å². The van der Waals surface area contributed by atoms with Gasteiger partial charge in [0, 0.05) is 68.5 Å². The predicted molar refractivity (Wildman–Crippen MR) is 161 cm³/mol. The molecule has 1 aromatic carbocycles. The Morgan fingerprint density at radius 2 is 1.80 bits per heavy atom. The molecule has 2 N–H and O–H groups in total. The van der Waals surface area contributed by atoms with Crippen LogP contribution in [0.5, 0.6) is 0 Å². The second-order valence-electron chi connectivity index (χ2n) is 12.7. The Bertz CT molecular complexity index is 1320. The van der Waals surface area contributed by atoms with E-state index >= 15 is 0 Å². The summed E-state index contributed by atoms with van der Waals surface area (Å²) in [5.74, 6) is 2.08.